The molecule has 40 heavy (non-hydrogen) atoms. The molecule has 1 saturated carbocycles. The van der Waals surface area contributed by atoms with Gasteiger partial charge in [-0.15, -0.1) is 11.3 Å². The summed E-state index contributed by atoms with van der Waals surface area (Å²) in [6.45, 7) is 2.94. The van der Waals surface area contributed by atoms with Crippen molar-refractivity contribution in [1.29, 1.82) is 0 Å². The average molecular weight is 568 g/mol. The molecule has 6 rings (SSSR count). The summed E-state index contributed by atoms with van der Waals surface area (Å²) in [7, 11) is 1.57. The van der Waals surface area contributed by atoms with Crippen molar-refractivity contribution in [2.45, 2.75) is 56.9 Å². The highest BCUT2D eigenvalue weighted by molar-refractivity contribution is 7.22. The summed E-state index contributed by atoms with van der Waals surface area (Å²) in [5, 5.41) is 10.3. The Morgan fingerprint density at radius 1 is 1.25 bits per heavy atom. The maximum Gasteiger partial charge on any atom is 0.333 e. The van der Waals surface area contributed by atoms with Crippen molar-refractivity contribution in [3.63, 3.8) is 0 Å². The molecule has 210 valence electrons. The number of oxazole rings is 1. The van der Waals surface area contributed by atoms with Crippen LogP contribution in [-0.4, -0.2) is 51.6 Å². The van der Waals surface area contributed by atoms with Crippen molar-refractivity contribution >= 4 is 27.5 Å². The number of carboxylic acids is 1. The number of thiophene rings is 1. The van der Waals surface area contributed by atoms with Crippen LogP contribution >= 0.6 is 11.3 Å². The Morgan fingerprint density at radius 3 is 2.65 bits per heavy atom. The molecule has 1 aliphatic heterocycles. The molecule has 2 aliphatic rings. The number of carboxylic acid groups (broad SMARTS) is 1. The van der Waals surface area contributed by atoms with E-state index in [1.165, 1.54) is 28.4 Å². The average Bonchev–Trinajstić information content (AvgIpc) is 3.42. The number of fused-ring (bicyclic) bond motifs is 1. The SMILES string of the molecule is COc1ccccc1C(Cn1c(=O)n(C2(C(=O)O)CC2)c(=O)c2c(C)c(-c3ncco3)sc21)OC1CCOCC1. The maximum absolute atomic E-state index is 14.1. The lowest BCUT2D eigenvalue weighted by Gasteiger charge is -2.29. The largest absolute Gasteiger partial charge is 0.496 e. The van der Waals surface area contributed by atoms with E-state index in [0.29, 0.717) is 53.0 Å². The lowest BCUT2D eigenvalue weighted by molar-refractivity contribution is -0.142. The first kappa shape index (κ1) is 26.5. The van der Waals surface area contributed by atoms with Gasteiger partial charge in [0, 0.05) is 18.8 Å². The lowest BCUT2D eigenvalue weighted by Crippen LogP contribution is -2.49. The van der Waals surface area contributed by atoms with E-state index in [4.69, 9.17) is 18.6 Å². The second-order valence-electron chi connectivity index (χ2n) is 10.1. The van der Waals surface area contributed by atoms with E-state index < -0.39 is 28.9 Å². The van der Waals surface area contributed by atoms with Crippen LogP contribution in [0.15, 0.2) is 50.7 Å². The van der Waals surface area contributed by atoms with Gasteiger partial charge in [0.15, 0.2) is 0 Å². The first-order valence-corrected chi connectivity index (χ1v) is 14.0. The van der Waals surface area contributed by atoms with Crippen molar-refractivity contribution in [3.8, 4) is 16.5 Å². The minimum absolute atomic E-state index is 0.0357. The van der Waals surface area contributed by atoms with E-state index in [-0.39, 0.29) is 30.9 Å². The maximum atomic E-state index is 14.1. The van der Waals surface area contributed by atoms with Gasteiger partial charge in [0.1, 0.15) is 28.5 Å². The highest BCUT2D eigenvalue weighted by Gasteiger charge is 2.55. The van der Waals surface area contributed by atoms with Crippen LogP contribution in [0.5, 0.6) is 5.75 Å². The molecule has 1 aromatic carbocycles. The molecule has 1 aliphatic carbocycles. The minimum Gasteiger partial charge on any atom is -0.496 e. The number of hydrogen-bond donors (Lipinski definition) is 1. The molecule has 0 radical (unpaired) electrons. The Morgan fingerprint density at radius 2 is 2.00 bits per heavy atom. The van der Waals surface area contributed by atoms with Gasteiger partial charge in [-0.05, 0) is 44.2 Å². The van der Waals surface area contributed by atoms with Gasteiger partial charge in [0.25, 0.3) is 5.56 Å². The normalized spacial score (nSPS) is 17.6. The number of aryl methyl sites for hydroxylation is 1. The molecular formula is C28H29N3O8S. The number of carbonyl (C=O) groups is 1. The number of para-hydroxylation sites is 1. The summed E-state index contributed by atoms with van der Waals surface area (Å²) in [5.41, 5.74) is -1.55. The van der Waals surface area contributed by atoms with Crippen molar-refractivity contribution in [2.75, 3.05) is 20.3 Å². The summed E-state index contributed by atoms with van der Waals surface area (Å²) < 4.78 is 25.7. The molecule has 0 spiro atoms. The van der Waals surface area contributed by atoms with Crippen LogP contribution in [0.1, 0.15) is 42.9 Å². The molecule has 1 atom stereocenters. The molecule has 1 unspecified atom stereocenters. The van der Waals surface area contributed by atoms with Gasteiger partial charge in [0.05, 0.1) is 36.2 Å². The fraction of sp³-hybridized carbons (Fsp3) is 0.429. The Labute approximate surface area is 232 Å². The van der Waals surface area contributed by atoms with Crippen LogP contribution in [0.4, 0.5) is 0 Å². The quantitative estimate of drug-likeness (QED) is 0.321. The number of methoxy groups -OCH3 is 1. The van der Waals surface area contributed by atoms with E-state index in [1.54, 1.807) is 14.0 Å². The van der Waals surface area contributed by atoms with Crippen LogP contribution in [0, 0.1) is 6.92 Å². The van der Waals surface area contributed by atoms with Crippen LogP contribution in [0.3, 0.4) is 0 Å². The van der Waals surface area contributed by atoms with Gasteiger partial charge in [-0.2, -0.15) is 0 Å². The van der Waals surface area contributed by atoms with Gasteiger partial charge in [-0.25, -0.2) is 19.1 Å². The fourth-order valence-electron chi connectivity index (χ4n) is 5.43. The van der Waals surface area contributed by atoms with Crippen molar-refractivity contribution in [1.82, 2.24) is 14.1 Å². The second-order valence-corrected chi connectivity index (χ2v) is 11.1. The number of ether oxygens (including phenoxy) is 3. The third-order valence-electron chi connectivity index (χ3n) is 7.75. The molecule has 11 nitrogen and oxygen atoms in total. The van der Waals surface area contributed by atoms with E-state index in [2.05, 4.69) is 4.98 Å². The Bertz CT molecular complexity index is 1680. The zero-order chi connectivity index (χ0) is 28.0. The molecular weight excluding hydrogens is 538 g/mol. The van der Waals surface area contributed by atoms with Crippen molar-refractivity contribution in [3.05, 3.63) is 68.7 Å². The predicted octanol–water partition coefficient (Wildman–Crippen LogP) is 3.71. The van der Waals surface area contributed by atoms with Gasteiger partial charge in [-0.3, -0.25) is 9.36 Å². The zero-order valence-electron chi connectivity index (χ0n) is 22.1. The summed E-state index contributed by atoms with van der Waals surface area (Å²) >= 11 is 1.22. The first-order chi connectivity index (χ1) is 19.4. The van der Waals surface area contributed by atoms with Gasteiger partial charge in [-0.1, -0.05) is 18.2 Å². The summed E-state index contributed by atoms with van der Waals surface area (Å²) in [6.07, 6.45) is 4.01. The molecule has 1 N–H and O–H groups in total. The molecule has 1 saturated heterocycles. The summed E-state index contributed by atoms with van der Waals surface area (Å²) in [5.74, 6) is -0.273. The third kappa shape index (κ3) is 4.36. The smallest absolute Gasteiger partial charge is 0.333 e. The number of aliphatic carboxylic acids is 1. The number of nitrogens with zero attached hydrogens (tertiary/aromatic N) is 3. The highest BCUT2D eigenvalue weighted by atomic mass is 32.1. The van der Waals surface area contributed by atoms with Gasteiger partial charge >= 0.3 is 11.7 Å². The van der Waals surface area contributed by atoms with Gasteiger partial charge < -0.3 is 23.7 Å². The van der Waals surface area contributed by atoms with E-state index in [0.717, 1.165) is 10.1 Å². The molecule has 0 amide bonds. The van der Waals surface area contributed by atoms with E-state index in [1.807, 2.05) is 24.3 Å². The Balaban J connectivity index is 1.57. The standard InChI is InChI=1S/C28H29N3O8S/c1-16-21-24(32)31(28(9-10-28)26(33)34)27(35)30(25(21)40-22(16)23-29-11-14-38-23)15-20(39-17-7-12-37-13-8-17)18-5-3-4-6-19(18)36-2/h3-6,11,14,17,20H,7-10,12-13,15H2,1-2H3,(H,33,34). The highest BCUT2D eigenvalue weighted by Crippen LogP contribution is 2.43. The lowest BCUT2D eigenvalue weighted by atomic mass is 10.1. The minimum atomic E-state index is -1.57. The van der Waals surface area contributed by atoms with Crippen LogP contribution in [-0.2, 0) is 26.4 Å². The van der Waals surface area contributed by atoms with Gasteiger partial charge in [0.2, 0.25) is 5.89 Å². The fourth-order valence-corrected chi connectivity index (χ4v) is 6.68. The Hall–Kier alpha value is -3.74. The molecule has 2 fully saturated rings. The molecule has 12 heteroatoms. The number of benzene rings is 1. The molecule has 4 aromatic rings. The number of aromatic nitrogens is 3. The zero-order valence-corrected chi connectivity index (χ0v) is 22.9. The van der Waals surface area contributed by atoms with Crippen LogP contribution in [0.25, 0.3) is 21.0 Å². The second kappa shape index (κ2) is 10.3. The summed E-state index contributed by atoms with van der Waals surface area (Å²) in [4.78, 5) is 45.6. The topological polar surface area (TPSA) is 135 Å². The van der Waals surface area contributed by atoms with Crippen molar-refractivity contribution < 1.29 is 28.5 Å². The Kier molecular flexibility index (Phi) is 6.85. The number of hydrogen-bond acceptors (Lipinski definition) is 9. The van der Waals surface area contributed by atoms with E-state index >= 15 is 0 Å². The number of rotatable bonds is 9. The van der Waals surface area contributed by atoms with E-state index in [9.17, 15) is 19.5 Å². The first-order valence-electron chi connectivity index (χ1n) is 13.1. The monoisotopic (exact) mass is 567 g/mol. The molecule has 4 heterocycles. The predicted molar refractivity (Wildman–Crippen MR) is 146 cm³/mol. The third-order valence-corrected chi connectivity index (χ3v) is 9.05. The van der Waals surface area contributed by atoms with Crippen LogP contribution in [0.2, 0.25) is 0 Å². The van der Waals surface area contributed by atoms with Crippen molar-refractivity contribution in [2.24, 2.45) is 0 Å². The van der Waals surface area contributed by atoms with Crippen LogP contribution < -0.4 is 16.0 Å². The summed E-state index contributed by atoms with van der Waals surface area (Å²) in [6, 6.07) is 7.44. The molecule has 3 aromatic heterocycles. The molecule has 0 bridgehead atoms.